The Morgan fingerprint density at radius 2 is 1.83 bits per heavy atom. The van der Waals surface area contributed by atoms with Gasteiger partial charge in [0.2, 0.25) is 0 Å². The van der Waals surface area contributed by atoms with E-state index in [0.29, 0.717) is 22.8 Å². The molecule has 0 fully saturated rings. The number of nitrogens with one attached hydrogen (secondary N) is 2. The molecule has 9 heteroatoms. The fourth-order valence-corrected chi connectivity index (χ4v) is 3.36. The van der Waals surface area contributed by atoms with Crippen LogP contribution in [0.4, 0.5) is 24.0 Å². The predicted molar refractivity (Wildman–Crippen MR) is 106 cm³/mol. The van der Waals surface area contributed by atoms with Crippen molar-refractivity contribution < 1.29 is 23.1 Å². The number of alkyl halides is 3. The van der Waals surface area contributed by atoms with Crippen LogP contribution < -0.4 is 10.6 Å². The number of hydrogen-bond acceptors (Lipinski definition) is 5. The van der Waals surface area contributed by atoms with Crippen molar-refractivity contribution >= 4 is 28.1 Å². The summed E-state index contributed by atoms with van der Waals surface area (Å²) in [6, 6.07) is 11.8. The van der Waals surface area contributed by atoms with Crippen LogP contribution in [0.5, 0.6) is 0 Å². The number of anilines is 2. The van der Waals surface area contributed by atoms with Gasteiger partial charge >= 0.3 is 6.18 Å². The van der Waals surface area contributed by atoms with Gasteiger partial charge in [-0.2, -0.15) is 13.2 Å². The highest BCUT2D eigenvalue weighted by molar-refractivity contribution is 7.14. The van der Waals surface area contributed by atoms with Crippen LogP contribution in [-0.2, 0) is 19.1 Å². The highest BCUT2D eigenvalue weighted by Crippen LogP contribution is 2.34. The van der Waals surface area contributed by atoms with Crippen LogP contribution in [0, 0.1) is 0 Å². The van der Waals surface area contributed by atoms with Gasteiger partial charge in [0.25, 0.3) is 5.91 Å². The number of para-hydroxylation sites is 1. The molecule has 0 bridgehead atoms. The van der Waals surface area contributed by atoms with Crippen molar-refractivity contribution in [3.05, 3.63) is 76.3 Å². The number of amides is 1. The van der Waals surface area contributed by atoms with Crippen LogP contribution in [0.2, 0.25) is 0 Å². The Hall–Kier alpha value is -2.91. The second-order valence-corrected chi connectivity index (χ2v) is 7.02. The highest BCUT2D eigenvalue weighted by atomic mass is 32.1. The van der Waals surface area contributed by atoms with Crippen LogP contribution in [0.1, 0.15) is 27.2 Å². The van der Waals surface area contributed by atoms with Crippen LogP contribution in [-0.4, -0.2) is 22.6 Å². The first kappa shape index (κ1) is 20.8. The monoisotopic (exact) mass is 421 g/mol. The molecule has 0 aliphatic heterocycles. The molecule has 3 aromatic rings. The van der Waals surface area contributed by atoms with E-state index in [1.807, 2.05) is 0 Å². The topological polar surface area (TPSA) is 74.2 Å². The van der Waals surface area contributed by atoms with Crippen molar-refractivity contribution in [2.45, 2.75) is 19.1 Å². The number of nitrogens with zero attached hydrogens (tertiary/aromatic N) is 1. The molecule has 0 atom stereocenters. The number of benzene rings is 2. The lowest BCUT2D eigenvalue weighted by Crippen LogP contribution is -2.12. The summed E-state index contributed by atoms with van der Waals surface area (Å²) in [7, 11) is 0. The van der Waals surface area contributed by atoms with Crippen molar-refractivity contribution in [2.75, 3.05) is 17.2 Å². The molecule has 29 heavy (non-hydrogen) atoms. The summed E-state index contributed by atoms with van der Waals surface area (Å²) in [4.78, 5) is 16.5. The van der Waals surface area contributed by atoms with Gasteiger partial charge < -0.3 is 10.4 Å². The standard InChI is InChI=1S/C20H18F3N3O2S/c21-20(22,23)16-3-1-2-4-17(16)24-11-13-5-7-14(8-6-13)18(28)26-19-25-15(9-10-27)12-29-19/h1-8,12,24,27H,9-11H2,(H,25,26,28). The number of aromatic nitrogens is 1. The van der Waals surface area contributed by atoms with Crippen LogP contribution in [0.15, 0.2) is 53.9 Å². The Morgan fingerprint density at radius 3 is 2.52 bits per heavy atom. The predicted octanol–water partition coefficient (Wildman–Crippen LogP) is 4.56. The first-order valence-electron chi connectivity index (χ1n) is 8.72. The van der Waals surface area contributed by atoms with Gasteiger partial charge in [-0.3, -0.25) is 10.1 Å². The SMILES string of the molecule is O=C(Nc1nc(CCO)cs1)c1ccc(CNc2ccccc2C(F)(F)F)cc1. The van der Waals surface area contributed by atoms with Crippen molar-refractivity contribution in [1.29, 1.82) is 0 Å². The molecule has 152 valence electrons. The summed E-state index contributed by atoms with van der Waals surface area (Å²) in [5, 5.41) is 16.6. The molecule has 0 saturated carbocycles. The lowest BCUT2D eigenvalue weighted by Gasteiger charge is -2.14. The zero-order valence-corrected chi connectivity index (χ0v) is 16.0. The van der Waals surface area contributed by atoms with E-state index >= 15 is 0 Å². The van der Waals surface area contributed by atoms with Gasteiger partial charge in [-0.05, 0) is 29.8 Å². The third-order valence-corrected chi connectivity index (χ3v) is 4.88. The molecular weight excluding hydrogens is 403 g/mol. The van der Waals surface area contributed by atoms with Gasteiger partial charge in [0.1, 0.15) is 0 Å². The molecule has 5 nitrogen and oxygen atoms in total. The van der Waals surface area contributed by atoms with E-state index in [1.54, 1.807) is 29.6 Å². The fraction of sp³-hybridized carbons (Fsp3) is 0.200. The number of halogens is 3. The van der Waals surface area contributed by atoms with Crippen molar-refractivity contribution in [3.8, 4) is 0 Å². The van der Waals surface area contributed by atoms with E-state index in [2.05, 4.69) is 15.6 Å². The summed E-state index contributed by atoms with van der Waals surface area (Å²) in [6.07, 6.45) is -4.01. The molecule has 1 heterocycles. The number of carbonyl (C=O) groups excluding carboxylic acids is 1. The summed E-state index contributed by atoms with van der Waals surface area (Å²) < 4.78 is 39.1. The Balaban J connectivity index is 1.61. The number of rotatable bonds is 7. The summed E-state index contributed by atoms with van der Waals surface area (Å²) in [5.41, 5.74) is 1.12. The van der Waals surface area contributed by atoms with Crippen LogP contribution in [0.25, 0.3) is 0 Å². The molecule has 3 N–H and O–H groups in total. The van der Waals surface area contributed by atoms with E-state index in [1.165, 1.54) is 29.5 Å². The summed E-state index contributed by atoms with van der Waals surface area (Å²) in [6.45, 7) is 0.173. The number of hydrogen-bond donors (Lipinski definition) is 3. The molecule has 0 radical (unpaired) electrons. The maximum Gasteiger partial charge on any atom is 0.418 e. The first-order chi connectivity index (χ1) is 13.9. The van der Waals surface area contributed by atoms with Crippen LogP contribution in [0.3, 0.4) is 0 Å². The number of aliphatic hydroxyl groups is 1. The maximum atomic E-state index is 13.0. The minimum absolute atomic E-state index is 0.00396. The quantitative estimate of drug-likeness (QED) is 0.523. The Bertz CT molecular complexity index is 972. The molecule has 0 aliphatic carbocycles. The highest BCUT2D eigenvalue weighted by Gasteiger charge is 2.33. The smallest absolute Gasteiger partial charge is 0.396 e. The molecular formula is C20H18F3N3O2S. The maximum absolute atomic E-state index is 13.0. The lowest BCUT2D eigenvalue weighted by molar-refractivity contribution is -0.137. The summed E-state index contributed by atoms with van der Waals surface area (Å²) in [5.74, 6) is -0.336. The van der Waals surface area contributed by atoms with Crippen molar-refractivity contribution in [1.82, 2.24) is 4.98 Å². The van der Waals surface area contributed by atoms with Gasteiger partial charge in [-0.25, -0.2) is 4.98 Å². The molecule has 1 aromatic heterocycles. The van der Waals surface area contributed by atoms with Gasteiger partial charge in [-0.15, -0.1) is 11.3 Å². The van der Waals surface area contributed by atoms with Crippen LogP contribution >= 0.6 is 11.3 Å². The van der Waals surface area contributed by atoms with E-state index in [-0.39, 0.29) is 24.7 Å². The molecule has 0 spiro atoms. The molecule has 1 amide bonds. The molecule has 0 aliphatic rings. The minimum atomic E-state index is -4.43. The molecule has 0 unspecified atom stereocenters. The average molecular weight is 421 g/mol. The molecule has 0 saturated heterocycles. The van der Waals surface area contributed by atoms with Crippen molar-refractivity contribution in [3.63, 3.8) is 0 Å². The van der Waals surface area contributed by atoms with Gasteiger partial charge in [0, 0.05) is 36.2 Å². The van der Waals surface area contributed by atoms with Gasteiger partial charge in [0.05, 0.1) is 11.3 Å². The van der Waals surface area contributed by atoms with E-state index in [9.17, 15) is 18.0 Å². The second-order valence-electron chi connectivity index (χ2n) is 6.17. The Morgan fingerprint density at radius 1 is 1.10 bits per heavy atom. The van der Waals surface area contributed by atoms with Gasteiger partial charge in [0.15, 0.2) is 5.13 Å². The fourth-order valence-electron chi connectivity index (χ4n) is 2.62. The minimum Gasteiger partial charge on any atom is -0.396 e. The largest absolute Gasteiger partial charge is 0.418 e. The normalized spacial score (nSPS) is 11.3. The first-order valence-corrected chi connectivity index (χ1v) is 9.60. The number of aliphatic hydroxyl groups excluding tert-OH is 1. The lowest BCUT2D eigenvalue weighted by atomic mass is 10.1. The number of thiazole rings is 1. The Labute approximate surface area is 169 Å². The van der Waals surface area contributed by atoms with E-state index in [0.717, 1.165) is 11.6 Å². The molecule has 2 aromatic carbocycles. The van der Waals surface area contributed by atoms with E-state index < -0.39 is 11.7 Å². The van der Waals surface area contributed by atoms with Gasteiger partial charge in [-0.1, -0.05) is 24.3 Å². The third-order valence-electron chi connectivity index (χ3n) is 4.07. The second kappa shape index (κ2) is 9.06. The zero-order chi connectivity index (χ0) is 20.9. The Kier molecular flexibility index (Phi) is 6.50. The number of carbonyl (C=O) groups is 1. The van der Waals surface area contributed by atoms with Crippen molar-refractivity contribution in [2.24, 2.45) is 0 Å². The average Bonchev–Trinajstić information content (AvgIpc) is 3.13. The molecule has 3 rings (SSSR count). The van der Waals surface area contributed by atoms with E-state index in [4.69, 9.17) is 5.11 Å². The third kappa shape index (κ3) is 5.55. The summed E-state index contributed by atoms with van der Waals surface area (Å²) >= 11 is 1.27. The zero-order valence-electron chi connectivity index (χ0n) is 15.2.